The Morgan fingerprint density at radius 3 is 2.62 bits per heavy atom. The molecule has 1 saturated heterocycles. The minimum atomic E-state index is -0.0915. The number of thiocarbonyl (C=S) groups is 1. The van der Waals surface area contributed by atoms with E-state index in [9.17, 15) is 4.79 Å². The van der Waals surface area contributed by atoms with Gasteiger partial charge in [0.15, 0.2) is 11.5 Å². The second-order valence-electron chi connectivity index (χ2n) is 6.39. The molecule has 1 amide bonds. The Morgan fingerprint density at radius 2 is 1.93 bits per heavy atom. The van der Waals surface area contributed by atoms with Gasteiger partial charge in [-0.05, 0) is 43.2 Å². The van der Waals surface area contributed by atoms with Crippen molar-refractivity contribution >= 4 is 40.3 Å². The lowest BCUT2D eigenvalue weighted by atomic mass is 10.1. The summed E-state index contributed by atoms with van der Waals surface area (Å²) < 4.78 is 11.7. The largest absolute Gasteiger partial charge is 0.490 e. The fourth-order valence-electron chi connectivity index (χ4n) is 2.79. The van der Waals surface area contributed by atoms with Gasteiger partial charge in [-0.25, -0.2) is 0 Å². The molecule has 0 aliphatic carbocycles. The summed E-state index contributed by atoms with van der Waals surface area (Å²) in [6, 6.07) is 13.6. The molecule has 29 heavy (non-hydrogen) atoms. The third kappa shape index (κ3) is 5.20. The molecule has 1 heterocycles. The van der Waals surface area contributed by atoms with Crippen LogP contribution in [0.3, 0.4) is 0 Å². The number of nitrogens with zero attached hydrogens (tertiary/aromatic N) is 1. The van der Waals surface area contributed by atoms with E-state index in [1.54, 1.807) is 11.0 Å². The van der Waals surface area contributed by atoms with Gasteiger partial charge in [-0.15, -0.1) is 6.42 Å². The Bertz CT molecular complexity index is 990. The maximum atomic E-state index is 12.9. The lowest BCUT2D eigenvalue weighted by molar-refractivity contribution is -0.122. The van der Waals surface area contributed by atoms with Crippen molar-refractivity contribution in [3.8, 4) is 23.8 Å². The summed E-state index contributed by atoms with van der Waals surface area (Å²) in [6.45, 7) is 5.05. The zero-order chi connectivity index (χ0) is 20.8. The Kier molecular flexibility index (Phi) is 6.97. The molecule has 0 N–H and O–H groups in total. The first-order valence-corrected chi connectivity index (χ1v) is 10.4. The predicted molar refractivity (Wildman–Crippen MR) is 122 cm³/mol. The quantitative estimate of drug-likeness (QED) is 0.363. The molecule has 0 aromatic heterocycles. The minimum absolute atomic E-state index is 0.0915. The molecule has 0 saturated carbocycles. The van der Waals surface area contributed by atoms with Crippen molar-refractivity contribution in [1.29, 1.82) is 0 Å². The SMILES string of the molecule is C#CCOc1ccc(C=C2SC(=S)N(Cc3ccc(C)cc3)C2=O)cc1OCC. The molecule has 0 bridgehead atoms. The first kappa shape index (κ1) is 21.0. The van der Waals surface area contributed by atoms with E-state index >= 15 is 0 Å². The normalized spacial score (nSPS) is 14.9. The molecule has 0 radical (unpaired) electrons. The number of thioether (sulfide) groups is 1. The van der Waals surface area contributed by atoms with Crippen LogP contribution in [0.15, 0.2) is 47.4 Å². The number of hydrogen-bond acceptors (Lipinski definition) is 5. The topological polar surface area (TPSA) is 38.8 Å². The van der Waals surface area contributed by atoms with Crippen LogP contribution in [0.4, 0.5) is 0 Å². The van der Waals surface area contributed by atoms with Gasteiger partial charge >= 0.3 is 0 Å². The summed E-state index contributed by atoms with van der Waals surface area (Å²) in [7, 11) is 0. The Hall–Kier alpha value is -2.75. The van der Waals surface area contributed by atoms with E-state index in [0.717, 1.165) is 11.1 Å². The van der Waals surface area contributed by atoms with Crippen LogP contribution < -0.4 is 9.47 Å². The van der Waals surface area contributed by atoms with Crippen molar-refractivity contribution < 1.29 is 14.3 Å². The molecule has 148 valence electrons. The summed E-state index contributed by atoms with van der Waals surface area (Å²) in [5.41, 5.74) is 3.05. The van der Waals surface area contributed by atoms with Gasteiger partial charge in [-0.1, -0.05) is 65.8 Å². The van der Waals surface area contributed by atoms with E-state index in [0.29, 0.717) is 33.9 Å². The van der Waals surface area contributed by atoms with Crippen LogP contribution in [0.25, 0.3) is 6.08 Å². The molecule has 6 heteroatoms. The number of amides is 1. The van der Waals surface area contributed by atoms with Crippen molar-refractivity contribution in [2.24, 2.45) is 0 Å². The second kappa shape index (κ2) is 9.64. The number of ether oxygens (including phenoxy) is 2. The number of terminal acetylenes is 1. The van der Waals surface area contributed by atoms with Crippen LogP contribution in [0.1, 0.15) is 23.6 Å². The molecular formula is C23H21NO3S2. The van der Waals surface area contributed by atoms with Crippen LogP contribution in [0.2, 0.25) is 0 Å². The van der Waals surface area contributed by atoms with E-state index < -0.39 is 0 Å². The number of carbonyl (C=O) groups is 1. The summed E-state index contributed by atoms with van der Waals surface area (Å²) in [6.07, 6.45) is 7.08. The number of carbonyl (C=O) groups excluding carboxylic acids is 1. The van der Waals surface area contributed by atoms with Gasteiger partial charge in [0.1, 0.15) is 10.9 Å². The Balaban J connectivity index is 1.80. The van der Waals surface area contributed by atoms with E-state index in [1.807, 2.05) is 56.3 Å². The van der Waals surface area contributed by atoms with Gasteiger partial charge in [0, 0.05) is 0 Å². The van der Waals surface area contributed by atoms with Crippen molar-refractivity contribution in [2.75, 3.05) is 13.2 Å². The fourth-order valence-corrected chi connectivity index (χ4v) is 4.04. The van der Waals surface area contributed by atoms with Gasteiger partial charge in [-0.2, -0.15) is 0 Å². The maximum absolute atomic E-state index is 12.9. The Morgan fingerprint density at radius 1 is 1.17 bits per heavy atom. The molecule has 4 nitrogen and oxygen atoms in total. The first-order chi connectivity index (χ1) is 14.0. The lowest BCUT2D eigenvalue weighted by Gasteiger charge is -2.14. The highest BCUT2D eigenvalue weighted by atomic mass is 32.2. The minimum Gasteiger partial charge on any atom is -0.490 e. The average Bonchev–Trinajstić information content (AvgIpc) is 2.96. The van der Waals surface area contributed by atoms with E-state index in [4.69, 9.17) is 28.1 Å². The van der Waals surface area contributed by atoms with Gasteiger partial charge < -0.3 is 9.47 Å². The molecule has 0 atom stereocenters. The first-order valence-electron chi connectivity index (χ1n) is 9.16. The summed E-state index contributed by atoms with van der Waals surface area (Å²) in [5.74, 6) is 3.52. The van der Waals surface area contributed by atoms with Gasteiger partial charge in [-0.3, -0.25) is 9.69 Å². The average molecular weight is 424 g/mol. The second-order valence-corrected chi connectivity index (χ2v) is 8.06. The fraction of sp³-hybridized carbons (Fsp3) is 0.217. The van der Waals surface area contributed by atoms with E-state index in [2.05, 4.69) is 5.92 Å². The summed E-state index contributed by atoms with van der Waals surface area (Å²) >= 11 is 6.74. The number of hydrogen-bond donors (Lipinski definition) is 0. The monoisotopic (exact) mass is 423 g/mol. The highest BCUT2D eigenvalue weighted by Gasteiger charge is 2.32. The van der Waals surface area contributed by atoms with Gasteiger partial charge in [0.05, 0.1) is 18.1 Å². The number of rotatable bonds is 7. The third-order valence-corrected chi connectivity index (χ3v) is 5.59. The van der Waals surface area contributed by atoms with Gasteiger partial charge in [0.2, 0.25) is 0 Å². The molecule has 0 unspecified atom stereocenters. The summed E-state index contributed by atoms with van der Waals surface area (Å²) in [5, 5.41) is 0. The zero-order valence-corrected chi connectivity index (χ0v) is 17.9. The highest BCUT2D eigenvalue weighted by Crippen LogP contribution is 2.35. The molecular weight excluding hydrogens is 402 g/mol. The maximum Gasteiger partial charge on any atom is 0.266 e. The lowest BCUT2D eigenvalue weighted by Crippen LogP contribution is -2.27. The molecule has 1 aliphatic rings. The van der Waals surface area contributed by atoms with E-state index in [-0.39, 0.29) is 12.5 Å². The van der Waals surface area contributed by atoms with Crippen LogP contribution in [0.5, 0.6) is 11.5 Å². The Labute approximate surface area is 180 Å². The van der Waals surface area contributed by atoms with Gasteiger partial charge in [0.25, 0.3) is 5.91 Å². The molecule has 1 aliphatic heterocycles. The molecule has 2 aromatic carbocycles. The molecule has 2 aromatic rings. The van der Waals surface area contributed by atoms with Crippen molar-refractivity contribution in [3.63, 3.8) is 0 Å². The van der Waals surface area contributed by atoms with Crippen LogP contribution in [0, 0.1) is 19.3 Å². The number of benzene rings is 2. The van der Waals surface area contributed by atoms with Crippen molar-refractivity contribution in [3.05, 3.63) is 64.1 Å². The standard InChI is InChI=1S/C23H21NO3S2/c1-4-12-27-19-11-10-18(13-20(19)26-5-2)14-21-22(25)24(23(28)29-21)15-17-8-6-16(3)7-9-17/h1,6-11,13-14H,5,12,15H2,2-3H3. The van der Waals surface area contributed by atoms with Crippen LogP contribution in [-0.4, -0.2) is 28.3 Å². The molecule has 3 rings (SSSR count). The number of aryl methyl sites for hydroxylation is 1. The zero-order valence-electron chi connectivity index (χ0n) is 16.3. The molecule has 0 spiro atoms. The van der Waals surface area contributed by atoms with Crippen LogP contribution in [-0.2, 0) is 11.3 Å². The van der Waals surface area contributed by atoms with Crippen molar-refractivity contribution in [1.82, 2.24) is 4.90 Å². The predicted octanol–water partition coefficient (Wildman–Crippen LogP) is 4.81. The highest BCUT2D eigenvalue weighted by molar-refractivity contribution is 8.26. The smallest absolute Gasteiger partial charge is 0.266 e. The third-order valence-electron chi connectivity index (χ3n) is 4.21. The molecule has 1 fully saturated rings. The summed E-state index contributed by atoms with van der Waals surface area (Å²) in [4.78, 5) is 15.1. The van der Waals surface area contributed by atoms with Crippen LogP contribution >= 0.6 is 24.0 Å². The van der Waals surface area contributed by atoms with Crippen molar-refractivity contribution in [2.45, 2.75) is 20.4 Å². The van der Waals surface area contributed by atoms with E-state index in [1.165, 1.54) is 17.3 Å².